The third-order valence-electron chi connectivity index (χ3n) is 2.55. The molecular formula is C12H13Cl2NO3. The van der Waals surface area contributed by atoms with Gasteiger partial charge in [-0.2, -0.15) is 0 Å². The van der Waals surface area contributed by atoms with Crippen molar-refractivity contribution in [1.82, 2.24) is 5.32 Å². The van der Waals surface area contributed by atoms with Crippen LogP contribution in [0.25, 0.3) is 0 Å². The van der Waals surface area contributed by atoms with Crippen molar-refractivity contribution >= 4 is 29.1 Å². The number of rotatable bonds is 5. The van der Waals surface area contributed by atoms with Crippen LogP contribution in [0.5, 0.6) is 5.75 Å². The fraction of sp³-hybridized carbons (Fsp3) is 0.417. The average molecular weight is 290 g/mol. The Labute approximate surface area is 115 Å². The molecule has 0 aromatic heterocycles. The minimum atomic E-state index is -0.250. The van der Waals surface area contributed by atoms with E-state index in [0.717, 1.165) is 12.8 Å². The highest BCUT2D eigenvalue weighted by Crippen LogP contribution is 2.32. The lowest BCUT2D eigenvalue weighted by Crippen LogP contribution is -2.30. The number of halogens is 2. The Morgan fingerprint density at radius 2 is 2.17 bits per heavy atom. The van der Waals surface area contributed by atoms with Crippen LogP contribution in [-0.4, -0.2) is 23.7 Å². The third-order valence-corrected chi connectivity index (χ3v) is 3.04. The molecule has 0 aliphatic heterocycles. The van der Waals surface area contributed by atoms with Crippen LogP contribution in [0.3, 0.4) is 0 Å². The van der Waals surface area contributed by atoms with Gasteiger partial charge in [-0.3, -0.25) is 4.79 Å². The molecule has 1 saturated carbocycles. The summed E-state index contributed by atoms with van der Waals surface area (Å²) in [6.45, 7) is -0.370. The van der Waals surface area contributed by atoms with Gasteiger partial charge in [-0.15, -0.1) is 0 Å². The van der Waals surface area contributed by atoms with E-state index in [-0.39, 0.29) is 24.1 Å². The maximum Gasteiger partial charge on any atom is 0.258 e. The molecule has 0 heterocycles. The number of hydrogen-bond donors (Lipinski definition) is 2. The Kier molecular flexibility index (Phi) is 4.32. The van der Waals surface area contributed by atoms with E-state index < -0.39 is 0 Å². The molecule has 0 spiro atoms. The molecule has 1 fully saturated rings. The second-order valence-electron chi connectivity index (χ2n) is 4.16. The van der Waals surface area contributed by atoms with E-state index in [9.17, 15) is 9.90 Å². The summed E-state index contributed by atoms with van der Waals surface area (Å²) < 4.78 is 5.34. The number of carbonyl (C=O) groups is 1. The van der Waals surface area contributed by atoms with Gasteiger partial charge in [0, 0.05) is 16.6 Å². The molecule has 0 unspecified atom stereocenters. The Hall–Kier alpha value is -0.970. The van der Waals surface area contributed by atoms with Crippen LogP contribution >= 0.6 is 23.2 Å². The quantitative estimate of drug-likeness (QED) is 0.873. The van der Waals surface area contributed by atoms with Crippen molar-refractivity contribution in [3.8, 4) is 5.75 Å². The summed E-state index contributed by atoms with van der Waals surface area (Å²) in [6.07, 6.45) is 2.05. The highest BCUT2D eigenvalue weighted by atomic mass is 35.5. The van der Waals surface area contributed by atoms with E-state index in [0.29, 0.717) is 22.4 Å². The molecule has 0 saturated heterocycles. The van der Waals surface area contributed by atoms with E-state index in [1.165, 1.54) is 6.07 Å². The molecule has 1 aromatic carbocycles. The zero-order valence-electron chi connectivity index (χ0n) is 9.58. The highest BCUT2D eigenvalue weighted by molar-refractivity contribution is 6.35. The number of aliphatic hydroxyl groups is 1. The summed E-state index contributed by atoms with van der Waals surface area (Å²) in [6, 6.07) is 3.36. The predicted molar refractivity (Wildman–Crippen MR) is 69.0 cm³/mol. The topological polar surface area (TPSA) is 58.6 Å². The number of amides is 1. The molecule has 2 rings (SSSR count). The number of hydrogen-bond acceptors (Lipinski definition) is 3. The minimum Gasteiger partial charge on any atom is -0.482 e. The lowest BCUT2D eigenvalue weighted by atomic mass is 10.2. The van der Waals surface area contributed by atoms with Crippen molar-refractivity contribution in [1.29, 1.82) is 0 Å². The van der Waals surface area contributed by atoms with Gasteiger partial charge in [-0.25, -0.2) is 0 Å². The van der Waals surface area contributed by atoms with Crippen LogP contribution in [0.4, 0.5) is 0 Å². The van der Waals surface area contributed by atoms with Crippen molar-refractivity contribution in [2.45, 2.75) is 25.5 Å². The molecule has 1 aliphatic carbocycles. The standard InChI is InChI=1S/C12H13Cl2NO3/c13-8-3-7(5-16)12(10(14)4-8)18-6-11(17)15-9-1-2-9/h3-4,9,16H,1-2,5-6H2,(H,15,17). The second kappa shape index (κ2) is 5.78. The normalized spacial score (nSPS) is 14.4. The van der Waals surface area contributed by atoms with Gasteiger partial charge in [0.25, 0.3) is 5.91 Å². The molecular weight excluding hydrogens is 277 g/mol. The molecule has 1 aliphatic rings. The number of aliphatic hydroxyl groups excluding tert-OH is 1. The lowest BCUT2D eigenvalue weighted by Gasteiger charge is -2.12. The molecule has 98 valence electrons. The SMILES string of the molecule is O=C(COc1c(Cl)cc(Cl)cc1CO)NC1CC1. The van der Waals surface area contributed by atoms with Gasteiger partial charge in [0.2, 0.25) is 0 Å². The number of ether oxygens (including phenoxy) is 1. The Morgan fingerprint density at radius 1 is 1.44 bits per heavy atom. The van der Waals surface area contributed by atoms with Gasteiger partial charge >= 0.3 is 0 Å². The first-order chi connectivity index (χ1) is 8.60. The molecule has 0 atom stereocenters. The lowest BCUT2D eigenvalue weighted by molar-refractivity contribution is -0.123. The van der Waals surface area contributed by atoms with Gasteiger partial charge in [0.1, 0.15) is 5.75 Å². The van der Waals surface area contributed by atoms with Crippen LogP contribution in [0.15, 0.2) is 12.1 Å². The zero-order valence-corrected chi connectivity index (χ0v) is 11.1. The Balaban J connectivity index is 2.00. The smallest absolute Gasteiger partial charge is 0.258 e. The van der Waals surface area contributed by atoms with Gasteiger partial charge in [-0.1, -0.05) is 23.2 Å². The van der Waals surface area contributed by atoms with Crippen molar-refractivity contribution < 1.29 is 14.6 Å². The summed E-state index contributed by atoms with van der Waals surface area (Å²) in [7, 11) is 0. The van der Waals surface area contributed by atoms with Crippen LogP contribution < -0.4 is 10.1 Å². The number of carbonyl (C=O) groups excluding carboxylic acids is 1. The monoisotopic (exact) mass is 289 g/mol. The minimum absolute atomic E-state index is 0.120. The summed E-state index contributed by atoms with van der Waals surface area (Å²) in [4.78, 5) is 11.5. The van der Waals surface area contributed by atoms with Crippen molar-refractivity contribution in [3.05, 3.63) is 27.7 Å². The van der Waals surface area contributed by atoms with Crippen molar-refractivity contribution in [2.24, 2.45) is 0 Å². The largest absolute Gasteiger partial charge is 0.482 e. The number of nitrogens with one attached hydrogen (secondary N) is 1. The molecule has 18 heavy (non-hydrogen) atoms. The third kappa shape index (κ3) is 3.51. The molecule has 6 heteroatoms. The van der Waals surface area contributed by atoms with Gasteiger partial charge < -0.3 is 15.2 Å². The van der Waals surface area contributed by atoms with Crippen LogP contribution in [0, 0.1) is 0 Å². The summed E-state index contributed by atoms with van der Waals surface area (Å²) >= 11 is 11.8. The predicted octanol–water partition coefficient (Wildman–Crippen LogP) is 2.14. The van der Waals surface area contributed by atoms with Crippen LogP contribution in [0.2, 0.25) is 10.0 Å². The highest BCUT2D eigenvalue weighted by Gasteiger charge is 2.23. The van der Waals surface area contributed by atoms with Crippen LogP contribution in [0.1, 0.15) is 18.4 Å². The van der Waals surface area contributed by atoms with Crippen molar-refractivity contribution in [2.75, 3.05) is 6.61 Å². The summed E-state index contributed by atoms with van der Waals surface area (Å²) in [5.74, 6) is 0.113. The molecule has 0 bridgehead atoms. The second-order valence-corrected chi connectivity index (χ2v) is 5.01. The fourth-order valence-corrected chi connectivity index (χ4v) is 2.12. The maximum absolute atomic E-state index is 11.5. The van der Waals surface area contributed by atoms with E-state index >= 15 is 0 Å². The van der Waals surface area contributed by atoms with Gasteiger partial charge in [0.05, 0.1) is 11.6 Å². The van der Waals surface area contributed by atoms with E-state index in [1.54, 1.807) is 6.07 Å². The Morgan fingerprint density at radius 3 is 2.78 bits per heavy atom. The molecule has 1 amide bonds. The van der Waals surface area contributed by atoms with Gasteiger partial charge in [0.15, 0.2) is 6.61 Å². The van der Waals surface area contributed by atoms with Gasteiger partial charge in [-0.05, 0) is 25.0 Å². The molecule has 4 nitrogen and oxygen atoms in total. The summed E-state index contributed by atoms with van der Waals surface area (Å²) in [5.41, 5.74) is 0.465. The maximum atomic E-state index is 11.5. The molecule has 2 N–H and O–H groups in total. The fourth-order valence-electron chi connectivity index (χ4n) is 1.53. The summed E-state index contributed by atoms with van der Waals surface area (Å²) in [5, 5.41) is 12.7. The number of benzene rings is 1. The Bertz CT molecular complexity index is 461. The molecule has 1 aromatic rings. The first-order valence-corrected chi connectivity index (χ1v) is 6.36. The first kappa shape index (κ1) is 13.5. The van der Waals surface area contributed by atoms with Crippen molar-refractivity contribution in [3.63, 3.8) is 0 Å². The van der Waals surface area contributed by atoms with Crippen LogP contribution in [-0.2, 0) is 11.4 Å². The van der Waals surface area contributed by atoms with E-state index in [4.69, 9.17) is 27.9 Å². The van der Waals surface area contributed by atoms with E-state index in [2.05, 4.69) is 5.32 Å². The average Bonchev–Trinajstić information content (AvgIpc) is 3.10. The van der Waals surface area contributed by atoms with E-state index in [1.807, 2.05) is 0 Å². The zero-order chi connectivity index (χ0) is 13.1. The first-order valence-electron chi connectivity index (χ1n) is 5.61. The molecule has 0 radical (unpaired) electrons.